The van der Waals surface area contributed by atoms with E-state index in [2.05, 4.69) is 21.3 Å². The number of nitrogens with one attached hydrogen (secondary N) is 1. The number of nitrogens with zero attached hydrogens (tertiary/aromatic N) is 1. The first-order valence-corrected chi connectivity index (χ1v) is 5.54. The molecule has 0 aromatic heterocycles. The average molecular weight is 176 g/mol. The molecule has 2 heterocycles. The van der Waals surface area contributed by atoms with Gasteiger partial charge in [-0.25, -0.2) is 4.31 Å². The Balaban J connectivity index is 2.01. The third-order valence-corrected chi connectivity index (χ3v) is 3.62. The molecule has 2 saturated heterocycles. The van der Waals surface area contributed by atoms with E-state index in [9.17, 15) is 0 Å². The maximum absolute atomic E-state index is 4.20. The maximum Gasteiger partial charge on any atom is 0.0707 e. The SMILES string of the molecule is SSN1CC2CCNC1C2. The van der Waals surface area contributed by atoms with Crippen LogP contribution in [0.15, 0.2) is 0 Å². The van der Waals surface area contributed by atoms with Crippen LogP contribution in [0.2, 0.25) is 0 Å². The van der Waals surface area contributed by atoms with Crippen molar-refractivity contribution in [1.82, 2.24) is 9.62 Å². The van der Waals surface area contributed by atoms with E-state index in [0.717, 1.165) is 5.92 Å². The molecule has 0 radical (unpaired) electrons. The normalized spacial score (nSPS) is 40.5. The molecule has 2 bridgehead atoms. The van der Waals surface area contributed by atoms with Crippen molar-refractivity contribution >= 4 is 22.6 Å². The lowest BCUT2D eigenvalue weighted by atomic mass is 10.0. The van der Waals surface area contributed by atoms with E-state index in [0.29, 0.717) is 6.17 Å². The molecule has 10 heavy (non-hydrogen) atoms. The Morgan fingerprint density at radius 2 is 2.50 bits per heavy atom. The minimum absolute atomic E-state index is 0.612. The van der Waals surface area contributed by atoms with Gasteiger partial charge in [-0.05, 0) is 36.3 Å². The summed E-state index contributed by atoms with van der Waals surface area (Å²) in [4.78, 5) is 0. The fourth-order valence-electron chi connectivity index (χ4n) is 1.83. The fourth-order valence-corrected chi connectivity index (χ4v) is 2.92. The van der Waals surface area contributed by atoms with E-state index in [1.165, 1.54) is 25.9 Å². The Bertz CT molecular complexity index is 131. The van der Waals surface area contributed by atoms with Crippen molar-refractivity contribution < 1.29 is 0 Å². The topological polar surface area (TPSA) is 15.3 Å². The second kappa shape index (κ2) is 2.93. The van der Waals surface area contributed by atoms with Gasteiger partial charge in [-0.1, -0.05) is 11.7 Å². The van der Waals surface area contributed by atoms with Crippen LogP contribution in [0, 0.1) is 5.92 Å². The van der Waals surface area contributed by atoms with E-state index in [1.54, 1.807) is 11.0 Å². The first-order chi connectivity index (χ1) is 4.90. The summed E-state index contributed by atoms with van der Waals surface area (Å²) in [6.45, 7) is 2.42. The Morgan fingerprint density at radius 3 is 3.20 bits per heavy atom. The lowest BCUT2D eigenvalue weighted by Gasteiger charge is -2.22. The molecule has 58 valence electrons. The summed E-state index contributed by atoms with van der Waals surface area (Å²) in [7, 11) is 1.57. The standard InChI is InChI=1S/C6H12N2S2/c9-10-8-4-5-1-2-7-6(8)3-5/h5-7,9H,1-4H2. The molecule has 2 fully saturated rings. The summed E-state index contributed by atoms with van der Waals surface area (Å²) in [5.41, 5.74) is 0. The molecule has 2 aliphatic rings. The van der Waals surface area contributed by atoms with Gasteiger partial charge in [0.15, 0.2) is 0 Å². The Kier molecular flexibility index (Phi) is 2.13. The van der Waals surface area contributed by atoms with Crippen LogP contribution in [-0.4, -0.2) is 23.6 Å². The van der Waals surface area contributed by atoms with Crippen LogP contribution < -0.4 is 5.32 Å². The number of hydrogen-bond acceptors (Lipinski definition) is 4. The molecule has 0 aliphatic carbocycles. The van der Waals surface area contributed by atoms with E-state index in [1.807, 2.05) is 0 Å². The van der Waals surface area contributed by atoms with Gasteiger partial charge in [0.2, 0.25) is 0 Å². The number of hydrogen-bond donors (Lipinski definition) is 2. The summed E-state index contributed by atoms with van der Waals surface area (Å²) >= 11 is 4.20. The molecule has 2 unspecified atom stereocenters. The van der Waals surface area contributed by atoms with Gasteiger partial charge in [0, 0.05) is 6.54 Å². The lowest BCUT2D eigenvalue weighted by Crippen LogP contribution is -2.38. The van der Waals surface area contributed by atoms with E-state index < -0.39 is 0 Å². The quantitative estimate of drug-likeness (QED) is 0.354. The molecule has 0 amide bonds. The minimum Gasteiger partial charge on any atom is -0.301 e. The van der Waals surface area contributed by atoms with E-state index in [-0.39, 0.29) is 0 Å². The fraction of sp³-hybridized carbons (Fsp3) is 1.00. The zero-order chi connectivity index (χ0) is 6.97. The first-order valence-electron chi connectivity index (χ1n) is 3.71. The molecule has 0 saturated carbocycles. The number of thiol groups is 1. The van der Waals surface area contributed by atoms with Gasteiger partial charge in [0.1, 0.15) is 0 Å². The van der Waals surface area contributed by atoms with Crippen molar-refractivity contribution in [3.8, 4) is 0 Å². The van der Waals surface area contributed by atoms with Gasteiger partial charge in [0.05, 0.1) is 6.17 Å². The van der Waals surface area contributed by atoms with Crippen molar-refractivity contribution in [3.63, 3.8) is 0 Å². The highest BCUT2D eigenvalue weighted by atomic mass is 33.1. The number of rotatable bonds is 1. The monoisotopic (exact) mass is 176 g/mol. The van der Waals surface area contributed by atoms with Gasteiger partial charge in [-0.3, -0.25) is 0 Å². The predicted octanol–water partition coefficient (Wildman–Crippen LogP) is 1.12. The van der Waals surface area contributed by atoms with Crippen LogP contribution in [0.4, 0.5) is 0 Å². The van der Waals surface area contributed by atoms with Gasteiger partial charge in [-0.15, -0.1) is 0 Å². The summed E-state index contributed by atoms with van der Waals surface area (Å²) in [5.74, 6) is 0.936. The average Bonchev–Trinajstić information content (AvgIpc) is 2.26. The number of fused-ring (bicyclic) bond motifs is 2. The highest BCUT2D eigenvalue weighted by Gasteiger charge is 2.34. The zero-order valence-electron chi connectivity index (χ0n) is 5.79. The van der Waals surface area contributed by atoms with Gasteiger partial charge in [-0.2, -0.15) is 0 Å². The number of piperidine rings is 1. The van der Waals surface area contributed by atoms with Crippen LogP contribution in [0.1, 0.15) is 12.8 Å². The maximum atomic E-state index is 4.20. The van der Waals surface area contributed by atoms with Gasteiger partial charge < -0.3 is 5.32 Å². The van der Waals surface area contributed by atoms with E-state index >= 15 is 0 Å². The van der Waals surface area contributed by atoms with Crippen LogP contribution in [0.25, 0.3) is 0 Å². The molecular formula is C6H12N2S2. The summed E-state index contributed by atoms with van der Waals surface area (Å²) < 4.78 is 2.33. The smallest absolute Gasteiger partial charge is 0.0707 e. The van der Waals surface area contributed by atoms with Crippen LogP contribution >= 0.6 is 22.6 Å². The Morgan fingerprint density at radius 1 is 1.60 bits per heavy atom. The van der Waals surface area contributed by atoms with E-state index in [4.69, 9.17) is 0 Å². The molecule has 0 spiro atoms. The molecule has 2 nitrogen and oxygen atoms in total. The largest absolute Gasteiger partial charge is 0.301 e. The lowest BCUT2D eigenvalue weighted by molar-refractivity contribution is 0.345. The molecule has 4 heteroatoms. The van der Waals surface area contributed by atoms with Gasteiger partial charge >= 0.3 is 0 Å². The third kappa shape index (κ3) is 1.18. The molecule has 2 aliphatic heterocycles. The van der Waals surface area contributed by atoms with Crippen molar-refractivity contribution in [1.29, 1.82) is 0 Å². The molecule has 1 N–H and O–H groups in total. The van der Waals surface area contributed by atoms with Crippen LogP contribution in [-0.2, 0) is 0 Å². The Hall–Kier alpha value is 0.620. The summed E-state index contributed by atoms with van der Waals surface area (Å²) in [6.07, 6.45) is 3.29. The third-order valence-electron chi connectivity index (χ3n) is 2.38. The summed E-state index contributed by atoms with van der Waals surface area (Å²) in [6, 6.07) is 0. The zero-order valence-corrected chi connectivity index (χ0v) is 7.50. The highest BCUT2D eigenvalue weighted by Crippen LogP contribution is 2.33. The molecule has 0 aromatic carbocycles. The first kappa shape index (κ1) is 7.28. The second-order valence-electron chi connectivity index (χ2n) is 3.04. The van der Waals surface area contributed by atoms with Crippen LogP contribution in [0.5, 0.6) is 0 Å². The van der Waals surface area contributed by atoms with Crippen molar-refractivity contribution in [2.75, 3.05) is 13.1 Å². The van der Waals surface area contributed by atoms with Crippen molar-refractivity contribution in [2.45, 2.75) is 19.0 Å². The summed E-state index contributed by atoms with van der Waals surface area (Å²) in [5, 5.41) is 3.47. The van der Waals surface area contributed by atoms with Crippen molar-refractivity contribution in [2.24, 2.45) is 5.92 Å². The molecule has 0 aromatic rings. The predicted molar refractivity (Wildman–Crippen MR) is 47.8 cm³/mol. The molecule has 2 rings (SSSR count). The minimum atomic E-state index is 0.612. The van der Waals surface area contributed by atoms with Crippen LogP contribution in [0.3, 0.4) is 0 Å². The van der Waals surface area contributed by atoms with Gasteiger partial charge in [0.25, 0.3) is 0 Å². The molecular weight excluding hydrogens is 164 g/mol. The second-order valence-corrected chi connectivity index (χ2v) is 4.16. The van der Waals surface area contributed by atoms with Crippen molar-refractivity contribution in [3.05, 3.63) is 0 Å². The Labute approximate surface area is 70.7 Å². The molecule has 2 atom stereocenters. The highest BCUT2D eigenvalue weighted by molar-refractivity contribution is 8.67.